The van der Waals surface area contributed by atoms with E-state index >= 15 is 0 Å². The van der Waals surface area contributed by atoms with Crippen LogP contribution < -0.4 is 25.2 Å². The van der Waals surface area contributed by atoms with Crippen LogP contribution in [-0.2, 0) is 11.2 Å². The molecule has 1 N–H and O–H groups in total. The number of anilines is 1. The van der Waals surface area contributed by atoms with Gasteiger partial charge in [-0.25, -0.2) is 4.79 Å². The van der Waals surface area contributed by atoms with Crippen molar-refractivity contribution in [2.45, 2.75) is 13.3 Å². The molecule has 0 spiro atoms. The molecule has 0 aliphatic rings. The average Bonchev–Trinajstić information content (AvgIpc) is 2.85. The molecule has 34 heavy (non-hydrogen) atoms. The van der Waals surface area contributed by atoms with Crippen molar-refractivity contribution in [2.24, 2.45) is 0 Å². The van der Waals surface area contributed by atoms with E-state index in [9.17, 15) is 9.59 Å². The Bertz CT molecular complexity index is 1380. The molecular weight excluding hydrogens is 434 g/mol. The lowest BCUT2D eigenvalue weighted by atomic mass is 9.94. The number of carbonyl (C=O) groups excluding carboxylic acids is 1. The molecular formula is C27H25NO6. The zero-order valence-electron chi connectivity index (χ0n) is 19.4. The summed E-state index contributed by atoms with van der Waals surface area (Å²) in [6, 6.07) is 18.4. The summed E-state index contributed by atoms with van der Waals surface area (Å²) in [4.78, 5) is 26.2. The molecule has 1 amide bonds. The molecule has 0 aliphatic carbocycles. The van der Waals surface area contributed by atoms with E-state index < -0.39 is 11.5 Å². The SMILES string of the molecule is COc1cc(OC)c(NC(=O)Cc2c(-c3ccccc3)c3cc(C)ccc3oc2=O)c(OC)c1. The third-order valence-electron chi connectivity index (χ3n) is 5.53. The Morgan fingerprint density at radius 2 is 1.59 bits per heavy atom. The monoisotopic (exact) mass is 459 g/mol. The van der Waals surface area contributed by atoms with Gasteiger partial charge < -0.3 is 23.9 Å². The van der Waals surface area contributed by atoms with Crippen molar-refractivity contribution >= 4 is 22.6 Å². The molecule has 4 rings (SSSR count). The minimum Gasteiger partial charge on any atom is -0.496 e. The van der Waals surface area contributed by atoms with Crippen molar-refractivity contribution in [1.82, 2.24) is 0 Å². The summed E-state index contributed by atoms with van der Waals surface area (Å²) < 4.78 is 21.7. The number of hydrogen-bond donors (Lipinski definition) is 1. The molecule has 0 fully saturated rings. The second kappa shape index (κ2) is 9.70. The van der Waals surface area contributed by atoms with Crippen LogP contribution in [0.2, 0.25) is 0 Å². The van der Waals surface area contributed by atoms with E-state index in [1.807, 2.05) is 49.4 Å². The van der Waals surface area contributed by atoms with E-state index in [1.165, 1.54) is 21.3 Å². The van der Waals surface area contributed by atoms with Crippen molar-refractivity contribution < 1.29 is 23.4 Å². The van der Waals surface area contributed by atoms with E-state index in [0.29, 0.717) is 34.1 Å². The number of aryl methyl sites for hydroxylation is 1. The molecule has 7 heteroatoms. The standard InChI is InChI=1S/C27H25NO6/c1-16-10-11-21-19(12-16)25(17-8-6-5-7-9-17)20(27(30)34-21)15-24(29)28-26-22(32-3)13-18(31-2)14-23(26)33-4/h5-14H,15H2,1-4H3,(H,28,29). The lowest BCUT2D eigenvalue weighted by molar-refractivity contribution is -0.115. The Morgan fingerprint density at radius 3 is 2.21 bits per heavy atom. The van der Waals surface area contributed by atoms with Gasteiger partial charge in [-0.1, -0.05) is 42.0 Å². The van der Waals surface area contributed by atoms with E-state index in [-0.39, 0.29) is 12.0 Å². The number of ether oxygens (including phenoxy) is 3. The van der Waals surface area contributed by atoms with Gasteiger partial charge in [0.15, 0.2) is 0 Å². The lowest BCUT2D eigenvalue weighted by Crippen LogP contribution is -2.21. The third kappa shape index (κ3) is 4.45. The predicted molar refractivity (Wildman–Crippen MR) is 131 cm³/mol. The van der Waals surface area contributed by atoms with Gasteiger partial charge in [0.05, 0.1) is 33.3 Å². The van der Waals surface area contributed by atoms with Gasteiger partial charge >= 0.3 is 5.63 Å². The first-order chi connectivity index (χ1) is 16.4. The molecule has 0 saturated carbocycles. The average molecular weight is 459 g/mol. The molecule has 0 atom stereocenters. The highest BCUT2D eigenvalue weighted by Gasteiger charge is 2.21. The molecule has 7 nitrogen and oxygen atoms in total. The van der Waals surface area contributed by atoms with Gasteiger partial charge in [0, 0.05) is 23.1 Å². The first-order valence-corrected chi connectivity index (χ1v) is 10.7. The maximum absolute atomic E-state index is 13.2. The molecule has 0 bridgehead atoms. The Labute approximate surface area is 196 Å². The van der Waals surface area contributed by atoms with Crippen LogP contribution in [0, 0.1) is 6.92 Å². The highest BCUT2D eigenvalue weighted by molar-refractivity contribution is 6.00. The molecule has 1 heterocycles. The number of fused-ring (bicyclic) bond motifs is 1. The number of hydrogen-bond acceptors (Lipinski definition) is 6. The summed E-state index contributed by atoms with van der Waals surface area (Å²) in [7, 11) is 4.49. The minimum absolute atomic E-state index is 0.200. The van der Waals surface area contributed by atoms with Gasteiger partial charge in [0.25, 0.3) is 0 Å². The number of methoxy groups -OCH3 is 3. The molecule has 4 aromatic rings. The van der Waals surface area contributed by atoms with Gasteiger partial charge in [-0.15, -0.1) is 0 Å². The van der Waals surface area contributed by atoms with Crippen LogP contribution in [0.3, 0.4) is 0 Å². The molecule has 0 aliphatic heterocycles. The third-order valence-corrected chi connectivity index (χ3v) is 5.53. The Morgan fingerprint density at radius 1 is 0.912 bits per heavy atom. The van der Waals surface area contributed by atoms with E-state index in [0.717, 1.165) is 16.5 Å². The van der Waals surface area contributed by atoms with E-state index in [1.54, 1.807) is 18.2 Å². The zero-order valence-corrected chi connectivity index (χ0v) is 19.4. The van der Waals surface area contributed by atoms with Crippen molar-refractivity contribution in [3.63, 3.8) is 0 Å². The summed E-state index contributed by atoms with van der Waals surface area (Å²) in [5, 5.41) is 3.59. The minimum atomic E-state index is -0.556. The Balaban J connectivity index is 1.80. The number of nitrogens with one attached hydrogen (secondary N) is 1. The quantitative estimate of drug-likeness (QED) is 0.393. The van der Waals surface area contributed by atoms with Crippen LogP contribution in [0.15, 0.2) is 69.9 Å². The van der Waals surface area contributed by atoms with Gasteiger partial charge in [-0.2, -0.15) is 0 Å². The Kier molecular flexibility index (Phi) is 6.54. The van der Waals surface area contributed by atoms with Crippen molar-refractivity contribution in [3.05, 3.63) is 82.2 Å². The molecule has 0 saturated heterocycles. The topological polar surface area (TPSA) is 87.0 Å². The van der Waals surface area contributed by atoms with Crippen molar-refractivity contribution in [3.8, 4) is 28.4 Å². The number of amides is 1. The van der Waals surface area contributed by atoms with Crippen LogP contribution in [-0.4, -0.2) is 27.2 Å². The van der Waals surface area contributed by atoms with Crippen LogP contribution in [0.25, 0.3) is 22.1 Å². The second-order valence-electron chi connectivity index (χ2n) is 7.74. The zero-order chi connectivity index (χ0) is 24.2. The van der Waals surface area contributed by atoms with Crippen molar-refractivity contribution in [1.29, 1.82) is 0 Å². The lowest BCUT2D eigenvalue weighted by Gasteiger charge is -2.16. The van der Waals surface area contributed by atoms with Crippen molar-refractivity contribution in [2.75, 3.05) is 26.6 Å². The molecule has 3 aromatic carbocycles. The van der Waals surface area contributed by atoms with Gasteiger partial charge in [0.1, 0.15) is 28.5 Å². The highest BCUT2D eigenvalue weighted by atomic mass is 16.5. The fourth-order valence-corrected chi connectivity index (χ4v) is 3.92. The van der Waals surface area contributed by atoms with Crippen LogP contribution in [0.1, 0.15) is 11.1 Å². The highest BCUT2D eigenvalue weighted by Crippen LogP contribution is 2.39. The Hall–Kier alpha value is -4.26. The second-order valence-corrected chi connectivity index (χ2v) is 7.74. The molecule has 174 valence electrons. The van der Waals surface area contributed by atoms with Crippen LogP contribution >= 0.6 is 0 Å². The van der Waals surface area contributed by atoms with E-state index in [2.05, 4.69) is 5.32 Å². The first kappa shape index (κ1) is 22.9. The summed E-state index contributed by atoms with van der Waals surface area (Å²) in [6.45, 7) is 1.97. The smallest absolute Gasteiger partial charge is 0.340 e. The molecule has 0 unspecified atom stereocenters. The fourth-order valence-electron chi connectivity index (χ4n) is 3.92. The summed E-state index contributed by atoms with van der Waals surface area (Å²) >= 11 is 0. The van der Waals surface area contributed by atoms with Gasteiger partial charge in [-0.05, 0) is 24.6 Å². The largest absolute Gasteiger partial charge is 0.496 e. The van der Waals surface area contributed by atoms with Crippen LogP contribution in [0.4, 0.5) is 5.69 Å². The molecule has 0 radical (unpaired) electrons. The number of rotatable bonds is 7. The molecule has 1 aromatic heterocycles. The predicted octanol–water partition coefficient (Wildman–Crippen LogP) is 4.98. The maximum atomic E-state index is 13.2. The number of benzene rings is 3. The fraction of sp³-hybridized carbons (Fsp3) is 0.185. The summed E-state index contributed by atoms with van der Waals surface area (Å²) in [5.74, 6) is 0.838. The van der Waals surface area contributed by atoms with Gasteiger partial charge in [0.2, 0.25) is 5.91 Å². The maximum Gasteiger partial charge on any atom is 0.340 e. The van der Waals surface area contributed by atoms with Crippen LogP contribution in [0.5, 0.6) is 17.2 Å². The summed E-state index contributed by atoms with van der Waals surface area (Å²) in [5.41, 5.74) is 3.05. The summed E-state index contributed by atoms with van der Waals surface area (Å²) in [6.07, 6.45) is -0.200. The first-order valence-electron chi connectivity index (χ1n) is 10.7. The van der Waals surface area contributed by atoms with E-state index in [4.69, 9.17) is 18.6 Å². The normalized spacial score (nSPS) is 10.7. The van der Waals surface area contributed by atoms with Gasteiger partial charge in [-0.3, -0.25) is 4.79 Å². The number of carbonyl (C=O) groups is 1.